The maximum atomic E-state index is 2.59. The lowest BCUT2D eigenvalue weighted by molar-refractivity contribution is 0.278. The van der Waals surface area contributed by atoms with E-state index in [1.807, 2.05) is 11.3 Å². The minimum absolute atomic E-state index is 1.18. The lowest BCUT2D eigenvalue weighted by Crippen LogP contribution is -2.27. The van der Waals surface area contributed by atoms with Gasteiger partial charge in [-0.05, 0) is 54.7 Å². The van der Waals surface area contributed by atoms with Crippen LogP contribution in [-0.2, 0) is 6.42 Å². The molecular weight excluding hydrogens is 238 g/mol. The van der Waals surface area contributed by atoms with Gasteiger partial charge in [0.25, 0.3) is 0 Å². The van der Waals surface area contributed by atoms with Gasteiger partial charge in [0, 0.05) is 11.2 Å². The van der Waals surface area contributed by atoms with Crippen molar-refractivity contribution in [1.29, 1.82) is 0 Å². The van der Waals surface area contributed by atoms with Crippen molar-refractivity contribution in [2.75, 3.05) is 19.6 Å². The molecule has 2 aromatic rings. The highest BCUT2D eigenvalue weighted by Crippen LogP contribution is 2.26. The summed E-state index contributed by atoms with van der Waals surface area (Å²) in [5.41, 5.74) is 1.52. The number of fused-ring (bicyclic) bond motifs is 1. The fourth-order valence-electron chi connectivity index (χ4n) is 2.47. The normalized spacial score (nSPS) is 11.5. The number of nitrogens with zero attached hydrogens (tertiary/aromatic N) is 1. The maximum Gasteiger partial charge on any atom is 0.0345 e. The predicted molar refractivity (Wildman–Crippen MR) is 82.6 cm³/mol. The summed E-state index contributed by atoms with van der Waals surface area (Å²) >= 11 is 1.87. The molecule has 1 aromatic heterocycles. The van der Waals surface area contributed by atoms with Crippen molar-refractivity contribution in [1.82, 2.24) is 4.90 Å². The van der Waals surface area contributed by atoms with E-state index in [4.69, 9.17) is 0 Å². The third kappa shape index (κ3) is 3.33. The number of rotatable bonds is 7. The average molecular weight is 261 g/mol. The zero-order chi connectivity index (χ0) is 12.8. The quantitative estimate of drug-likeness (QED) is 0.706. The van der Waals surface area contributed by atoms with E-state index in [2.05, 4.69) is 48.4 Å². The van der Waals surface area contributed by atoms with Crippen molar-refractivity contribution in [2.45, 2.75) is 33.1 Å². The van der Waals surface area contributed by atoms with Gasteiger partial charge < -0.3 is 4.90 Å². The first-order valence-corrected chi connectivity index (χ1v) is 7.90. The Hall–Kier alpha value is -0.860. The van der Waals surface area contributed by atoms with Crippen LogP contribution in [-0.4, -0.2) is 24.5 Å². The summed E-state index contributed by atoms with van der Waals surface area (Å²) in [5, 5.41) is 3.79. The highest BCUT2D eigenvalue weighted by atomic mass is 32.1. The number of thiophene rings is 1. The van der Waals surface area contributed by atoms with Crippen LogP contribution in [0.25, 0.3) is 10.1 Å². The molecule has 18 heavy (non-hydrogen) atoms. The summed E-state index contributed by atoms with van der Waals surface area (Å²) in [6.07, 6.45) is 3.69. The van der Waals surface area contributed by atoms with E-state index in [1.165, 1.54) is 54.5 Å². The van der Waals surface area contributed by atoms with Gasteiger partial charge in [0.2, 0.25) is 0 Å². The Labute approximate surface area is 114 Å². The Balaban J connectivity index is 2.00. The Morgan fingerprint density at radius 3 is 2.44 bits per heavy atom. The van der Waals surface area contributed by atoms with E-state index < -0.39 is 0 Å². The molecule has 0 saturated heterocycles. The molecule has 1 nitrogen and oxygen atoms in total. The Kier molecular flexibility index (Phi) is 5.21. The Bertz CT molecular complexity index is 469. The van der Waals surface area contributed by atoms with Gasteiger partial charge in [0.05, 0.1) is 0 Å². The summed E-state index contributed by atoms with van der Waals surface area (Å²) in [5.74, 6) is 0. The first-order valence-electron chi connectivity index (χ1n) is 7.02. The van der Waals surface area contributed by atoms with Gasteiger partial charge in [-0.15, -0.1) is 11.3 Å². The number of hydrogen-bond donors (Lipinski definition) is 0. The highest BCUT2D eigenvalue weighted by molar-refractivity contribution is 7.17. The molecule has 98 valence electrons. The van der Waals surface area contributed by atoms with Gasteiger partial charge in [-0.1, -0.05) is 32.0 Å². The van der Waals surface area contributed by atoms with Crippen LogP contribution in [0.5, 0.6) is 0 Å². The van der Waals surface area contributed by atoms with Crippen LogP contribution >= 0.6 is 11.3 Å². The average Bonchev–Trinajstić information content (AvgIpc) is 2.80. The fraction of sp³-hybridized carbons (Fsp3) is 0.500. The van der Waals surface area contributed by atoms with Crippen molar-refractivity contribution in [3.05, 3.63) is 35.2 Å². The molecule has 0 spiro atoms. The van der Waals surface area contributed by atoms with E-state index in [-0.39, 0.29) is 0 Å². The van der Waals surface area contributed by atoms with Crippen LogP contribution in [0.1, 0.15) is 32.3 Å². The van der Waals surface area contributed by atoms with Gasteiger partial charge in [-0.25, -0.2) is 0 Å². The molecule has 0 atom stereocenters. The fourth-order valence-corrected chi connectivity index (χ4v) is 3.47. The maximum absolute atomic E-state index is 2.59. The molecule has 0 aliphatic carbocycles. The Morgan fingerprint density at radius 1 is 1.00 bits per heavy atom. The van der Waals surface area contributed by atoms with Crippen molar-refractivity contribution >= 4 is 21.4 Å². The van der Waals surface area contributed by atoms with Crippen molar-refractivity contribution < 1.29 is 0 Å². The van der Waals surface area contributed by atoms with Gasteiger partial charge in [-0.2, -0.15) is 0 Å². The summed E-state index contributed by atoms with van der Waals surface area (Å²) < 4.78 is 1.42. The molecule has 0 aliphatic rings. The first kappa shape index (κ1) is 13.6. The number of hydrogen-bond acceptors (Lipinski definition) is 2. The van der Waals surface area contributed by atoms with E-state index >= 15 is 0 Å². The summed E-state index contributed by atoms with van der Waals surface area (Å²) in [4.78, 5) is 2.59. The molecular formula is C16H23NS. The molecule has 0 saturated carbocycles. The van der Waals surface area contributed by atoms with Crippen molar-refractivity contribution in [3.8, 4) is 0 Å². The monoisotopic (exact) mass is 261 g/mol. The largest absolute Gasteiger partial charge is 0.303 e. The van der Waals surface area contributed by atoms with Crippen molar-refractivity contribution in [3.63, 3.8) is 0 Å². The van der Waals surface area contributed by atoms with E-state index in [0.717, 1.165) is 0 Å². The van der Waals surface area contributed by atoms with Crippen molar-refractivity contribution in [2.24, 2.45) is 0 Å². The van der Waals surface area contributed by atoms with Crippen LogP contribution in [0.2, 0.25) is 0 Å². The SMILES string of the molecule is CCCN(CCC)CCc1csc2ccccc12. The molecule has 1 heterocycles. The molecule has 0 bridgehead atoms. The molecule has 2 rings (SSSR count). The standard InChI is InChI=1S/C16H23NS/c1-3-10-17(11-4-2)12-9-14-13-18-16-8-6-5-7-15(14)16/h5-8,13H,3-4,9-12H2,1-2H3. The lowest BCUT2D eigenvalue weighted by atomic mass is 10.1. The molecule has 0 aliphatic heterocycles. The second-order valence-electron chi connectivity index (χ2n) is 4.85. The summed E-state index contributed by atoms with van der Waals surface area (Å²) in [7, 11) is 0. The summed E-state index contributed by atoms with van der Waals surface area (Å²) in [6, 6.07) is 8.75. The zero-order valence-corrected chi connectivity index (χ0v) is 12.3. The number of benzene rings is 1. The predicted octanol–water partition coefficient (Wildman–Crippen LogP) is 4.57. The molecule has 0 amide bonds. The van der Waals surface area contributed by atoms with Gasteiger partial charge in [0.1, 0.15) is 0 Å². The summed E-state index contributed by atoms with van der Waals surface area (Å²) in [6.45, 7) is 8.19. The first-order chi connectivity index (χ1) is 8.85. The lowest BCUT2D eigenvalue weighted by Gasteiger charge is -2.20. The molecule has 0 fully saturated rings. The van der Waals surface area contributed by atoms with Gasteiger partial charge >= 0.3 is 0 Å². The van der Waals surface area contributed by atoms with E-state index in [0.29, 0.717) is 0 Å². The van der Waals surface area contributed by atoms with Crippen LogP contribution in [0.4, 0.5) is 0 Å². The van der Waals surface area contributed by atoms with E-state index in [1.54, 1.807) is 0 Å². The van der Waals surface area contributed by atoms with Crippen LogP contribution in [0.15, 0.2) is 29.6 Å². The second-order valence-corrected chi connectivity index (χ2v) is 5.76. The third-order valence-corrected chi connectivity index (χ3v) is 4.35. The molecule has 2 heteroatoms. The third-order valence-electron chi connectivity index (χ3n) is 3.34. The molecule has 0 N–H and O–H groups in total. The molecule has 1 aromatic carbocycles. The van der Waals surface area contributed by atoms with E-state index in [9.17, 15) is 0 Å². The van der Waals surface area contributed by atoms with Crippen LogP contribution in [0.3, 0.4) is 0 Å². The minimum atomic E-state index is 1.18. The molecule has 0 radical (unpaired) electrons. The second kappa shape index (κ2) is 6.91. The smallest absolute Gasteiger partial charge is 0.0345 e. The Morgan fingerprint density at radius 2 is 1.72 bits per heavy atom. The highest BCUT2D eigenvalue weighted by Gasteiger charge is 2.06. The van der Waals surface area contributed by atoms with Crippen LogP contribution < -0.4 is 0 Å². The molecule has 0 unspecified atom stereocenters. The van der Waals surface area contributed by atoms with Gasteiger partial charge in [0.15, 0.2) is 0 Å². The van der Waals surface area contributed by atoms with Gasteiger partial charge in [-0.3, -0.25) is 0 Å². The topological polar surface area (TPSA) is 3.24 Å². The minimum Gasteiger partial charge on any atom is -0.303 e. The zero-order valence-electron chi connectivity index (χ0n) is 11.5. The van der Waals surface area contributed by atoms with Crippen LogP contribution in [0, 0.1) is 0 Å².